The van der Waals surface area contributed by atoms with Crippen LogP contribution in [-0.2, 0) is 20.2 Å². The predicted octanol–water partition coefficient (Wildman–Crippen LogP) is 2.78. The molecule has 0 unspecified atom stereocenters. The van der Waals surface area contributed by atoms with Gasteiger partial charge in [-0.3, -0.25) is 4.55 Å². The largest absolute Gasteiger partial charge is 0.379 e. The van der Waals surface area contributed by atoms with Crippen LogP contribution in [0, 0.1) is 6.92 Å². The fourth-order valence-corrected chi connectivity index (χ4v) is 3.73. The van der Waals surface area contributed by atoms with Gasteiger partial charge in [0.1, 0.15) is 10.6 Å². The van der Waals surface area contributed by atoms with Crippen molar-refractivity contribution in [3.63, 3.8) is 0 Å². The number of rotatable bonds is 4. The van der Waals surface area contributed by atoms with E-state index in [2.05, 4.69) is 0 Å². The Morgan fingerprint density at radius 3 is 1.92 bits per heavy atom. The SMILES string of the molecule is Cc1ccc(S(=O)(=O)Oc2ccc3cc(S(=O)(=O)O)ccc3c2)cc1.[Na]. The summed E-state index contributed by atoms with van der Waals surface area (Å²) in [6, 6.07) is 14.7. The summed E-state index contributed by atoms with van der Waals surface area (Å²) < 4.78 is 61.1. The number of hydrogen-bond donors (Lipinski definition) is 1. The van der Waals surface area contributed by atoms with E-state index in [0.29, 0.717) is 10.8 Å². The minimum absolute atomic E-state index is 0. The Hall–Kier alpha value is -1.42. The van der Waals surface area contributed by atoms with Crippen molar-refractivity contribution in [1.82, 2.24) is 0 Å². The first kappa shape index (κ1) is 20.9. The van der Waals surface area contributed by atoms with Gasteiger partial charge in [-0.2, -0.15) is 16.8 Å². The second kappa shape index (κ2) is 7.67. The van der Waals surface area contributed by atoms with Gasteiger partial charge in [-0.1, -0.05) is 29.8 Å². The molecule has 1 N–H and O–H groups in total. The number of hydrogen-bond acceptors (Lipinski definition) is 5. The minimum atomic E-state index is -4.30. The van der Waals surface area contributed by atoms with E-state index in [9.17, 15) is 16.8 Å². The summed E-state index contributed by atoms with van der Waals surface area (Å²) in [6.45, 7) is 1.85. The first-order valence-electron chi connectivity index (χ1n) is 7.18. The standard InChI is InChI=1S/C17H14O6S2.Na/c1-12-2-7-16(8-3-12)25(21,22)23-15-6-4-14-11-17(24(18,19)20)9-5-13(14)10-15;/h2-11H,1H3,(H,18,19,20);. The third-order valence-electron chi connectivity index (χ3n) is 3.60. The molecule has 0 atom stereocenters. The number of fused-ring (bicyclic) bond motifs is 1. The number of benzene rings is 3. The third kappa shape index (κ3) is 4.64. The minimum Gasteiger partial charge on any atom is -0.379 e. The second-order valence-corrected chi connectivity index (χ2v) is 8.46. The monoisotopic (exact) mass is 401 g/mol. The van der Waals surface area contributed by atoms with Gasteiger partial charge in [0.2, 0.25) is 0 Å². The van der Waals surface area contributed by atoms with E-state index in [1.165, 1.54) is 48.5 Å². The predicted molar refractivity (Wildman–Crippen MR) is 98.5 cm³/mol. The maximum Gasteiger partial charge on any atom is 0.339 e. The van der Waals surface area contributed by atoms with Crippen molar-refractivity contribution in [1.29, 1.82) is 0 Å². The van der Waals surface area contributed by atoms with Gasteiger partial charge in [0.25, 0.3) is 10.1 Å². The van der Waals surface area contributed by atoms with Crippen LogP contribution in [0.3, 0.4) is 0 Å². The molecule has 0 fully saturated rings. The van der Waals surface area contributed by atoms with Gasteiger partial charge in [-0.05, 0) is 54.1 Å². The summed E-state index contributed by atoms with van der Waals surface area (Å²) in [4.78, 5) is -0.194. The maximum atomic E-state index is 12.3. The van der Waals surface area contributed by atoms with Crippen molar-refractivity contribution < 1.29 is 25.6 Å². The fourth-order valence-electron chi connectivity index (χ4n) is 2.29. The van der Waals surface area contributed by atoms with E-state index in [4.69, 9.17) is 8.74 Å². The molecule has 0 aliphatic carbocycles. The molecule has 0 saturated carbocycles. The van der Waals surface area contributed by atoms with Crippen LogP contribution in [0.15, 0.2) is 70.5 Å². The van der Waals surface area contributed by atoms with E-state index in [1.54, 1.807) is 12.1 Å². The van der Waals surface area contributed by atoms with Crippen molar-refractivity contribution in [2.45, 2.75) is 16.7 Å². The molecule has 0 amide bonds. The summed E-state index contributed by atoms with van der Waals surface area (Å²) in [5.74, 6) is 0.104. The molecule has 9 heteroatoms. The van der Waals surface area contributed by atoms with Gasteiger partial charge in [0.15, 0.2) is 0 Å². The number of aryl methyl sites for hydroxylation is 1. The van der Waals surface area contributed by atoms with E-state index in [0.717, 1.165) is 5.56 Å². The van der Waals surface area contributed by atoms with Crippen LogP contribution in [0.2, 0.25) is 0 Å². The van der Waals surface area contributed by atoms with Crippen LogP contribution < -0.4 is 4.18 Å². The Balaban J connectivity index is 0.00000243. The molecule has 3 rings (SSSR count). The third-order valence-corrected chi connectivity index (χ3v) is 5.71. The molecule has 131 valence electrons. The van der Waals surface area contributed by atoms with Gasteiger partial charge in [0.05, 0.1) is 4.90 Å². The molecular formula is C17H14NaO6S2. The average Bonchev–Trinajstić information content (AvgIpc) is 2.53. The van der Waals surface area contributed by atoms with Crippen LogP contribution in [0.1, 0.15) is 5.56 Å². The maximum absolute atomic E-state index is 12.3. The van der Waals surface area contributed by atoms with Crippen molar-refractivity contribution >= 4 is 60.6 Å². The zero-order valence-corrected chi connectivity index (χ0v) is 17.7. The molecule has 0 saturated heterocycles. The zero-order chi connectivity index (χ0) is 18.2. The molecule has 1 radical (unpaired) electrons. The Labute approximate surface area is 174 Å². The van der Waals surface area contributed by atoms with Crippen LogP contribution >= 0.6 is 0 Å². The fraction of sp³-hybridized carbons (Fsp3) is 0.0588. The van der Waals surface area contributed by atoms with Crippen molar-refractivity contribution in [3.8, 4) is 5.75 Å². The van der Waals surface area contributed by atoms with E-state index >= 15 is 0 Å². The molecule has 0 heterocycles. The molecule has 6 nitrogen and oxygen atoms in total. The van der Waals surface area contributed by atoms with Gasteiger partial charge in [-0.25, -0.2) is 0 Å². The van der Waals surface area contributed by atoms with Crippen LogP contribution in [0.4, 0.5) is 0 Å². The Morgan fingerprint density at radius 1 is 0.769 bits per heavy atom. The Morgan fingerprint density at radius 2 is 1.31 bits per heavy atom. The van der Waals surface area contributed by atoms with Crippen molar-refractivity contribution in [2.24, 2.45) is 0 Å². The summed E-state index contributed by atoms with van der Waals surface area (Å²) >= 11 is 0. The molecule has 0 aliphatic rings. The van der Waals surface area contributed by atoms with Gasteiger partial charge < -0.3 is 4.18 Å². The molecule has 0 aliphatic heterocycles. The molecule has 0 bridgehead atoms. The first-order valence-corrected chi connectivity index (χ1v) is 10.0. The molecule has 3 aromatic carbocycles. The summed E-state index contributed by atoms with van der Waals surface area (Å²) in [5.41, 5.74) is 0.930. The Bertz CT molecular complexity index is 1150. The van der Waals surface area contributed by atoms with Crippen molar-refractivity contribution in [3.05, 3.63) is 66.2 Å². The smallest absolute Gasteiger partial charge is 0.339 e. The van der Waals surface area contributed by atoms with E-state index in [-0.39, 0.29) is 45.1 Å². The summed E-state index contributed by atoms with van der Waals surface area (Å²) in [7, 11) is -8.27. The van der Waals surface area contributed by atoms with Crippen molar-refractivity contribution in [2.75, 3.05) is 0 Å². The van der Waals surface area contributed by atoms with Gasteiger partial charge >= 0.3 is 10.1 Å². The quantitative estimate of drug-likeness (QED) is 0.410. The van der Waals surface area contributed by atoms with Crippen LogP contribution in [0.5, 0.6) is 5.75 Å². The summed E-state index contributed by atoms with van der Waals surface area (Å²) in [5, 5.41) is 1.10. The molecule has 3 aromatic rings. The molecule has 0 spiro atoms. The molecular weight excluding hydrogens is 387 g/mol. The van der Waals surface area contributed by atoms with E-state index in [1.807, 2.05) is 6.92 Å². The first-order chi connectivity index (χ1) is 11.6. The Kier molecular flexibility index (Phi) is 6.17. The summed E-state index contributed by atoms with van der Waals surface area (Å²) in [6.07, 6.45) is 0. The second-order valence-electron chi connectivity index (χ2n) is 5.50. The van der Waals surface area contributed by atoms with E-state index < -0.39 is 20.2 Å². The van der Waals surface area contributed by atoms with Gasteiger partial charge in [0, 0.05) is 29.6 Å². The molecule has 26 heavy (non-hydrogen) atoms. The normalized spacial score (nSPS) is 11.8. The topological polar surface area (TPSA) is 97.7 Å². The molecule has 0 aromatic heterocycles. The zero-order valence-electron chi connectivity index (χ0n) is 14.1. The average molecular weight is 401 g/mol. The van der Waals surface area contributed by atoms with Gasteiger partial charge in [-0.15, -0.1) is 0 Å². The van der Waals surface area contributed by atoms with Crippen LogP contribution in [-0.4, -0.2) is 50.9 Å². The van der Waals surface area contributed by atoms with Crippen LogP contribution in [0.25, 0.3) is 10.8 Å².